The molecule has 4 aromatic rings. The van der Waals surface area contributed by atoms with Crippen LogP contribution in [0.5, 0.6) is 0 Å². The minimum atomic E-state index is -3.60. The molecule has 0 bridgehead atoms. The second-order valence-electron chi connectivity index (χ2n) is 14.8. The van der Waals surface area contributed by atoms with Gasteiger partial charge in [0.2, 0.25) is 10.6 Å². The molecule has 0 spiro atoms. The second kappa shape index (κ2) is 15.9. The van der Waals surface area contributed by atoms with Crippen LogP contribution in [0, 0.1) is 6.92 Å². The first kappa shape index (κ1) is 39.8. The Morgan fingerprint density at radius 1 is 0.636 bits per heavy atom. The smallest absolute Gasteiger partial charge is 0.224 e. The number of morpholine rings is 2. The summed E-state index contributed by atoms with van der Waals surface area (Å²) >= 11 is 12.5. The van der Waals surface area contributed by atoms with Crippen molar-refractivity contribution in [3.8, 4) is 0 Å². The SMILES string of the molecule is C[C@H]1COCCN1c1cc(C2(S(=O)(=O)c3ccccc3)CCC2)nc(Cl)n1.Cc1ccc(S(=O)(=O)C2(c3cc(N4CCOC[C@@H]4C)nc(Cl)n3)CCC2)cc1. The summed E-state index contributed by atoms with van der Waals surface area (Å²) in [5.74, 6) is 1.33. The highest BCUT2D eigenvalue weighted by Crippen LogP contribution is 2.52. The maximum absolute atomic E-state index is 13.6. The van der Waals surface area contributed by atoms with Crippen LogP contribution in [0.3, 0.4) is 0 Å². The number of aryl methyl sites for hydroxylation is 1. The summed E-state index contributed by atoms with van der Waals surface area (Å²) in [4.78, 5) is 22.3. The van der Waals surface area contributed by atoms with Crippen molar-refractivity contribution >= 4 is 54.5 Å². The summed E-state index contributed by atoms with van der Waals surface area (Å²) < 4.78 is 63.0. The van der Waals surface area contributed by atoms with Crippen molar-refractivity contribution in [2.45, 2.75) is 90.7 Å². The number of halogens is 2. The Morgan fingerprint density at radius 3 is 1.44 bits per heavy atom. The Labute approximate surface area is 333 Å². The molecule has 4 heterocycles. The molecule has 0 N–H and O–H groups in total. The molecule has 2 atom stereocenters. The Morgan fingerprint density at radius 2 is 1.05 bits per heavy atom. The largest absolute Gasteiger partial charge is 0.377 e. The number of hydrogen-bond donors (Lipinski definition) is 0. The second-order valence-corrected chi connectivity index (χ2v) is 20.0. The standard InChI is InChI=1S/C20H24ClN3O3S.C19H22ClN3O3S/c1-14-4-6-16(7-5-14)28(25,26)20(8-3-9-20)17-12-18(23-19(21)22-17)24-10-11-27-13-15(24)2;1-14-13-26-11-10-23(14)17-12-16(21-18(20)22-17)19(8-5-9-19)27(24,25)15-6-3-2-4-7-15/h4-7,12,15H,3,8-11,13H2,1-2H3;2-4,6-7,12,14H,5,8-11,13H2,1H3/t15-;14-/m00/s1. The Hall–Kier alpha value is -3.40. The van der Waals surface area contributed by atoms with Crippen LogP contribution in [0.4, 0.5) is 11.6 Å². The van der Waals surface area contributed by atoms with Gasteiger partial charge in [-0.05, 0) is 107 Å². The summed E-state index contributed by atoms with van der Waals surface area (Å²) in [7, 11) is -7.19. The number of ether oxygens (including phenoxy) is 2. The number of benzene rings is 2. The van der Waals surface area contributed by atoms with Gasteiger partial charge in [0.1, 0.15) is 21.1 Å². The van der Waals surface area contributed by atoms with E-state index in [0.717, 1.165) is 18.4 Å². The number of rotatable bonds is 8. The fourth-order valence-corrected chi connectivity index (χ4v) is 12.5. The molecule has 12 nitrogen and oxygen atoms in total. The summed E-state index contributed by atoms with van der Waals surface area (Å²) in [6.07, 6.45) is 3.83. The Bertz CT molecular complexity index is 2220. The fourth-order valence-electron chi connectivity index (χ4n) is 7.80. The third kappa shape index (κ3) is 7.46. The number of aromatic nitrogens is 4. The van der Waals surface area contributed by atoms with Gasteiger partial charge in [-0.1, -0.05) is 35.9 Å². The Kier molecular flexibility index (Phi) is 11.5. The molecular weight excluding hydrogens is 784 g/mol. The van der Waals surface area contributed by atoms with E-state index >= 15 is 0 Å². The highest BCUT2D eigenvalue weighted by Gasteiger charge is 2.54. The first-order chi connectivity index (χ1) is 26.3. The predicted octanol–water partition coefficient (Wildman–Crippen LogP) is 6.72. The lowest BCUT2D eigenvalue weighted by molar-refractivity contribution is 0.0984. The third-order valence-corrected chi connectivity index (χ3v) is 16.8. The van der Waals surface area contributed by atoms with Crippen molar-refractivity contribution in [2.24, 2.45) is 0 Å². The van der Waals surface area contributed by atoms with Gasteiger partial charge in [0, 0.05) is 25.2 Å². The van der Waals surface area contributed by atoms with E-state index in [0.29, 0.717) is 98.0 Å². The van der Waals surface area contributed by atoms with E-state index in [2.05, 4.69) is 43.6 Å². The molecular formula is C39H46Cl2N6O6S2. The molecule has 4 aliphatic rings. The van der Waals surface area contributed by atoms with E-state index in [1.807, 2.05) is 25.1 Å². The van der Waals surface area contributed by atoms with Crippen LogP contribution >= 0.6 is 23.2 Å². The molecule has 55 heavy (non-hydrogen) atoms. The topological polar surface area (TPSA) is 145 Å². The summed E-state index contributed by atoms with van der Waals surface area (Å²) in [6.45, 7) is 9.83. The van der Waals surface area contributed by atoms with Crippen LogP contribution in [0.15, 0.2) is 76.5 Å². The zero-order chi connectivity index (χ0) is 39.0. The molecule has 16 heteroatoms. The lowest BCUT2D eigenvalue weighted by atomic mass is 9.81. The van der Waals surface area contributed by atoms with Gasteiger partial charge in [-0.25, -0.2) is 36.8 Å². The first-order valence-corrected chi connectivity index (χ1v) is 22.4. The lowest BCUT2D eigenvalue weighted by Crippen LogP contribution is -2.45. The van der Waals surface area contributed by atoms with Crippen molar-refractivity contribution in [3.63, 3.8) is 0 Å². The monoisotopic (exact) mass is 828 g/mol. The minimum absolute atomic E-state index is 0.0794. The minimum Gasteiger partial charge on any atom is -0.377 e. The molecule has 0 radical (unpaired) electrons. The normalized spacial score (nSPS) is 22.1. The lowest BCUT2D eigenvalue weighted by Gasteiger charge is -2.41. The Balaban J connectivity index is 0.000000169. The summed E-state index contributed by atoms with van der Waals surface area (Å²) in [5, 5.41) is 0.160. The van der Waals surface area contributed by atoms with Gasteiger partial charge in [-0.3, -0.25) is 0 Å². The summed E-state index contributed by atoms with van der Waals surface area (Å²) in [6, 6.07) is 19.5. The molecule has 4 fully saturated rings. The van der Waals surface area contributed by atoms with E-state index in [-0.39, 0.29) is 22.7 Å². The van der Waals surface area contributed by atoms with Gasteiger partial charge in [0.25, 0.3) is 0 Å². The maximum atomic E-state index is 13.6. The molecule has 2 aliphatic carbocycles. The van der Waals surface area contributed by atoms with Gasteiger partial charge >= 0.3 is 0 Å². The highest BCUT2D eigenvalue weighted by molar-refractivity contribution is 7.92. The van der Waals surface area contributed by atoms with Gasteiger partial charge in [0.15, 0.2) is 19.7 Å². The number of nitrogens with zero attached hydrogens (tertiary/aromatic N) is 6. The number of anilines is 2. The van der Waals surface area contributed by atoms with E-state index in [4.69, 9.17) is 32.7 Å². The van der Waals surface area contributed by atoms with Crippen molar-refractivity contribution in [2.75, 3.05) is 49.3 Å². The summed E-state index contributed by atoms with van der Waals surface area (Å²) in [5.41, 5.74) is 2.01. The maximum Gasteiger partial charge on any atom is 0.224 e. The van der Waals surface area contributed by atoms with Crippen molar-refractivity contribution in [1.29, 1.82) is 0 Å². The zero-order valence-electron chi connectivity index (χ0n) is 31.2. The quantitative estimate of drug-likeness (QED) is 0.174. The van der Waals surface area contributed by atoms with E-state index in [1.165, 1.54) is 0 Å². The highest BCUT2D eigenvalue weighted by atomic mass is 35.5. The number of hydrogen-bond acceptors (Lipinski definition) is 12. The van der Waals surface area contributed by atoms with Crippen LogP contribution < -0.4 is 9.80 Å². The predicted molar refractivity (Wildman–Crippen MR) is 212 cm³/mol. The molecule has 294 valence electrons. The van der Waals surface area contributed by atoms with E-state index in [1.54, 1.807) is 48.5 Å². The van der Waals surface area contributed by atoms with Crippen molar-refractivity contribution in [1.82, 2.24) is 19.9 Å². The molecule has 2 saturated carbocycles. The van der Waals surface area contributed by atoms with Crippen LogP contribution in [0.2, 0.25) is 10.6 Å². The van der Waals surface area contributed by atoms with Crippen LogP contribution in [0.1, 0.15) is 69.3 Å². The average molecular weight is 830 g/mol. The third-order valence-electron chi connectivity index (χ3n) is 11.4. The molecule has 0 unspecified atom stereocenters. The molecule has 2 saturated heterocycles. The van der Waals surface area contributed by atoms with Gasteiger partial charge < -0.3 is 19.3 Å². The molecule has 2 aliphatic heterocycles. The van der Waals surface area contributed by atoms with Crippen LogP contribution in [0.25, 0.3) is 0 Å². The average Bonchev–Trinajstić information content (AvgIpc) is 3.11. The van der Waals surface area contributed by atoms with E-state index in [9.17, 15) is 16.8 Å². The molecule has 2 aromatic carbocycles. The van der Waals surface area contributed by atoms with Gasteiger partial charge in [-0.2, -0.15) is 0 Å². The molecule has 2 aromatic heterocycles. The zero-order valence-corrected chi connectivity index (χ0v) is 34.3. The van der Waals surface area contributed by atoms with E-state index < -0.39 is 29.2 Å². The van der Waals surface area contributed by atoms with Crippen molar-refractivity contribution in [3.05, 3.63) is 94.2 Å². The van der Waals surface area contributed by atoms with Gasteiger partial charge in [0.05, 0.1) is 59.7 Å². The van der Waals surface area contributed by atoms with Crippen LogP contribution in [-0.2, 0) is 38.6 Å². The van der Waals surface area contributed by atoms with Crippen molar-refractivity contribution < 1.29 is 26.3 Å². The fraction of sp³-hybridized carbons (Fsp3) is 0.487. The first-order valence-electron chi connectivity index (χ1n) is 18.7. The van der Waals surface area contributed by atoms with Crippen LogP contribution in [-0.4, -0.2) is 88.4 Å². The number of sulfone groups is 2. The van der Waals surface area contributed by atoms with Gasteiger partial charge in [-0.15, -0.1) is 0 Å². The molecule has 0 amide bonds. The molecule has 8 rings (SSSR count).